The minimum Gasteiger partial charge on any atom is -0.496 e. The highest BCUT2D eigenvalue weighted by molar-refractivity contribution is 5.79. The molecule has 4 rings (SSSR count). The van der Waals surface area contributed by atoms with Crippen LogP contribution in [0.15, 0.2) is 36.5 Å². The molecule has 0 atom stereocenters. The maximum atomic E-state index is 5.93. The Morgan fingerprint density at radius 3 is 2.92 bits per heavy atom. The largest absolute Gasteiger partial charge is 0.496 e. The van der Waals surface area contributed by atoms with Gasteiger partial charge in [-0.15, -0.1) is 5.10 Å². The highest BCUT2D eigenvalue weighted by Crippen LogP contribution is 2.33. The van der Waals surface area contributed by atoms with E-state index in [0.29, 0.717) is 28.5 Å². The highest BCUT2D eigenvalue weighted by Gasteiger charge is 2.15. The summed E-state index contributed by atoms with van der Waals surface area (Å²) in [5.41, 5.74) is 9.42. The van der Waals surface area contributed by atoms with Gasteiger partial charge in [-0.1, -0.05) is 17.3 Å². The summed E-state index contributed by atoms with van der Waals surface area (Å²) in [5, 5.41) is 14.9. The molecule has 0 saturated carbocycles. The van der Waals surface area contributed by atoms with Crippen LogP contribution in [0.2, 0.25) is 0 Å². The summed E-state index contributed by atoms with van der Waals surface area (Å²) < 4.78 is 13.3. The number of para-hydroxylation sites is 1. The summed E-state index contributed by atoms with van der Waals surface area (Å²) in [6.45, 7) is 0.273. The minimum atomic E-state index is 0.273. The van der Waals surface area contributed by atoms with Gasteiger partial charge in [0, 0.05) is 30.4 Å². The Bertz CT molecular complexity index is 1070. The molecule has 9 heteroatoms. The monoisotopic (exact) mass is 351 g/mol. The zero-order valence-electron chi connectivity index (χ0n) is 14.3. The molecular formula is C17H17N7O2. The maximum Gasteiger partial charge on any atom is 0.181 e. The third-order valence-corrected chi connectivity index (χ3v) is 3.96. The molecule has 132 valence electrons. The standard InChI is InChI=1S/C17H17N7O2/c1-24-7-6-12(22-24)11-5-3-4-10(16(11)25-2)9-26-13-8-14(18)19-17-15(13)20-23-21-17/h3-8H,9H2,1-2H3,(H3,18,19,20,21,23). The molecule has 0 aliphatic carbocycles. The number of aryl methyl sites for hydroxylation is 1. The van der Waals surface area contributed by atoms with E-state index in [2.05, 4.69) is 25.5 Å². The predicted molar refractivity (Wildman–Crippen MR) is 95.6 cm³/mol. The first-order valence-electron chi connectivity index (χ1n) is 7.91. The van der Waals surface area contributed by atoms with E-state index < -0.39 is 0 Å². The lowest BCUT2D eigenvalue weighted by atomic mass is 10.1. The quantitative estimate of drug-likeness (QED) is 0.564. The molecule has 0 amide bonds. The average Bonchev–Trinajstić information content (AvgIpc) is 3.27. The molecule has 0 aliphatic rings. The maximum absolute atomic E-state index is 5.93. The van der Waals surface area contributed by atoms with Gasteiger partial charge in [0.25, 0.3) is 0 Å². The Hall–Kier alpha value is -3.62. The Labute approximate surface area is 148 Å². The molecule has 4 aromatic rings. The number of benzene rings is 1. The Morgan fingerprint density at radius 2 is 2.15 bits per heavy atom. The third-order valence-electron chi connectivity index (χ3n) is 3.96. The van der Waals surface area contributed by atoms with Crippen molar-refractivity contribution in [2.45, 2.75) is 6.61 Å². The van der Waals surface area contributed by atoms with Gasteiger partial charge in [-0.2, -0.15) is 5.10 Å². The number of hydrogen-bond acceptors (Lipinski definition) is 7. The van der Waals surface area contributed by atoms with Crippen LogP contribution in [0, 0.1) is 0 Å². The molecule has 3 heterocycles. The molecule has 0 spiro atoms. The first-order chi connectivity index (χ1) is 12.7. The second kappa shape index (κ2) is 6.36. The number of nitrogens with zero attached hydrogens (tertiary/aromatic N) is 5. The van der Waals surface area contributed by atoms with Gasteiger partial charge in [0.1, 0.15) is 18.2 Å². The number of nitrogen functional groups attached to an aromatic ring is 1. The summed E-state index contributed by atoms with van der Waals surface area (Å²) in [6.07, 6.45) is 1.89. The van der Waals surface area contributed by atoms with Crippen LogP contribution < -0.4 is 15.2 Å². The van der Waals surface area contributed by atoms with Crippen LogP contribution in [0.4, 0.5) is 5.82 Å². The fraction of sp³-hybridized carbons (Fsp3) is 0.176. The van der Waals surface area contributed by atoms with Crippen LogP contribution in [0.3, 0.4) is 0 Å². The van der Waals surface area contributed by atoms with Gasteiger partial charge in [-0.05, 0) is 12.1 Å². The summed E-state index contributed by atoms with van der Waals surface area (Å²) >= 11 is 0. The zero-order chi connectivity index (χ0) is 18.1. The summed E-state index contributed by atoms with van der Waals surface area (Å²) in [5.74, 6) is 1.55. The molecule has 0 fully saturated rings. The number of hydrogen-bond donors (Lipinski definition) is 2. The SMILES string of the molecule is COc1c(COc2cc(N)nc3[nH]nnc23)cccc1-c1ccn(C)n1. The van der Waals surface area contributed by atoms with Crippen molar-refractivity contribution in [2.24, 2.45) is 7.05 Å². The number of nitrogens with one attached hydrogen (secondary N) is 1. The van der Waals surface area contributed by atoms with Crippen LogP contribution in [-0.4, -0.2) is 37.3 Å². The van der Waals surface area contributed by atoms with Crippen molar-refractivity contribution in [1.82, 2.24) is 30.2 Å². The molecular weight excluding hydrogens is 334 g/mol. The lowest BCUT2D eigenvalue weighted by molar-refractivity contribution is 0.299. The molecule has 0 aliphatic heterocycles. The van der Waals surface area contributed by atoms with E-state index in [0.717, 1.165) is 16.8 Å². The summed E-state index contributed by atoms with van der Waals surface area (Å²) in [4.78, 5) is 4.12. The number of fused-ring (bicyclic) bond motifs is 1. The van der Waals surface area contributed by atoms with E-state index in [1.807, 2.05) is 37.5 Å². The number of anilines is 1. The number of methoxy groups -OCH3 is 1. The molecule has 0 unspecified atom stereocenters. The van der Waals surface area contributed by atoms with Gasteiger partial charge in [0.2, 0.25) is 0 Å². The molecule has 1 aromatic carbocycles. The van der Waals surface area contributed by atoms with Gasteiger partial charge in [0.05, 0.1) is 12.8 Å². The number of H-pyrrole nitrogens is 1. The number of rotatable bonds is 5. The fourth-order valence-corrected chi connectivity index (χ4v) is 2.80. The first kappa shape index (κ1) is 15.9. The molecule has 3 N–H and O–H groups in total. The molecule has 9 nitrogen and oxygen atoms in total. The van der Waals surface area contributed by atoms with E-state index in [-0.39, 0.29) is 6.61 Å². The van der Waals surface area contributed by atoms with Gasteiger partial charge < -0.3 is 15.2 Å². The van der Waals surface area contributed by atoms with Crippen LogP contribution in [0.25, 0.3) is 22.4 Å². The van der Waals surface area contributed by atoms with Crippen molar-refractivity contribution in [3.8, 4) is 22.8 Å². The third kappa shape index (κ3) is 2.79. The second-order valence-corrected chi connectivity index (χ2v) is 5.72. The second-order valence-electron chi connectivity index (χ2n) is 5.72. The smallest absolute Gasteiger partial charge is 0.181 e. The molecule has 0 saturated heterocycles. The van der Waals surface area contributed by atoms with Crippen molar-refractivity contribution in [2.75, 3.05) is 12.8 Å². The first-order valence-corrected chi connectivity index (χ1v) is 7.91. The van der Waals surface area contributed by atoms with Crippen molar-refractivity contribution < 1.29 is 9.47 Å². The molecule has 3 aromatic heterocycles. The van der Waals surface area contributed by atoms with Crippen LogP contribution in [0.1, 0.15) is 5.56 Å². The van der Waals surface area contributed by atoms with Crippen LogP contribution in [0.5, 0.6) is 11.5 Å². The van der Waals surface area contributed by atoms with Crippen molar-refractivity contribution >= 4 is 17.0 Å². The molecule has 0 bridgehead atoms. The van der Waals surface area contributed by atoms with Crippen molar-refractivity contribution in [3.05, 3.63) is 42.1 Å². The predicted octanol–water partition coefficient (Wildman–Crippen LogP) is 1.92. The van der Waals surface area contributed by atoms with E-state index in [1.54, 1.807) is 17.9 Å². The van der Waals surface area contributed by atoms with Gasteiger partial charge in [-0.25, -0.2) is 10.1 Å². The number of pyridine rings is 1. The van der Waals surface area contributed by atoms with Crippen LogP contribution in [-0.2, 0) is 13.7 Å². The summed E-state index contributed by atoms with van der Waals surface area (Å²) in [6, 6.07) is 9.41. The van der Waals surface area contributed by atoms with E-state index in [9.17, 15) is 0 Å². The normalized spacial score (nSPS) is 11.0. The van der Waals surface area contributed by atoms with Crippen molar-refractivity contribution in [1.29, 1.82) is 0 Å². The summed E-state index contributed by atoms with van der Waals surface area (Å²) in [7, 11) is 3.51. The minimum absolute atomic E-state index is 0.273. The number of aromatic nitrogens is 6. The average molecular weight is 351 g/mol. The van der Waals surface area contributed by atoms with Gasteiger partial charge in [-0.3, -0.25) is 4.68 Å². The topological polar surface area (TPSA) is 117 Å². The Morgan fingerprint density at radius 1 is 1.27 bits per heavy atom. The molecule has 26 heavy (non-hydrogen) atoms. The Balaban J connectivity index is 1.67. The zero-order valence-corrected chi connectivity index (χ0v) is 14.3. The fourth-order valence-electron chi connectivity index (χ4n) is 2.80. The van der Waals surface area contributed by atoms with E-state index >= 15 is 0 Å². The number of aromatic amines is 1. The Kier molecular flexibility index (Phi) is 3.88. The van der Waals surface area contributed by atoms with Gasteiger partial charge in [0.15, 0.2) is 16.9 Å². The van der Waals surface area contributed by atoms with E-state index in [4.69, 9.17) is 15.2 Å². The lowest BCUT2D eigenvalue weighted by Crippen LogP contribution is -2.02. The van der Waals surface area contributed by atoms with E-state index in [1.165, 1.54) is 0 Å². The van der Waals surface area contributed by atoms with Crippen molar-refractivity contribution in [3.63, 3.8) is 0 Å². The van der Waals surface area contributed by atoms with Gasteiger partial charge >= 0.3 is 0 Å². The van der Waals surface area contributed by atoms with Crippen LogP contribution >= 0.6 is 0 Å². The highest BCUT2D eigenvalue weighted by atomic mass is 16.5. The molecule has 0 radical (unpaired) electrons. The number of ether oxygens (including phenoxy) is 2. The lowest BCUT2D eigenvalue weighted by Gasteiger charge is -2.13. The number of nitrogens with two attached hydrogens (primary N) is 1.